The number of hydrogen-bond donors (Lipinski definition) is 0. The molecule has 0 aliphatic carbocycles. The largest absolute Gasteiger partial charge is 0.272 e. The fourth-order valence-corrected chi connectivity index (χ4v) is 3.12. The van der Waals surface area contributed by atoms with Crippen LogP contribution in [0.2, 0.25) is 0 Å². The number of nitro benzene ring substituents is 3. The van der Waals surface area contributed by atoms with Crippen LogP contribution in [0.5, 0.6) is 0 Å². The minimum absolute atomic E-state index is 0.152. The Morgan fingerprint density at radius 2 is 1.06 bits per heavy atom. The number of benzene rings is 3. The van der Waals surface area contributed by atoms with Crippen molar-refractivity contribution in [2.24, 2.45) is 0 Å². The number of nitro groups is 3. The molecular weight excluding hydrogens is 462 g/mol. The Hall–Kier alpha value is -4.14. The molecule has 192 valence electrons. The van der Waals surface area contributed by atoms with Gasteiger partial charge in [-0.3, -0.25) is 30.3 Å². The first-order chi connectivity index (χ1) is 16.8. The van der Waals surface area contributed by atoms with Crippen molar-refractivity contribution in [3.63, 3.8) is 0 Å². The molecule has 36 heavy (non-hydrogen) atoms. The third-order valence-corrected chi connectivity index (χ3v) is 5.27. The summed E-state index contributed by atoms with van der Waals surface area (Å²) in [6.07, 6.45) is 0. The van der Waals surface area contributed by atoms with Crippen LogP contribution in [0.4, 0.5) is 17.1 Å². The maximum absolute atomic E-state index is 10.5. The molecule has 3 aromatic rings. The quantitative estimate of drug-likeness (QED) is 0.250. The lowest BCUT2D eigenvalue weighted by Crippen LogP contribution is -1.96. The van der Waals surface area contributed by atoms with E-state index in [1.807, 2.05) is 39.8 Å². The zero-order chi connectivity index (χ0) is 27.4. The van der Waals surface area contributed by atoms with Crippen LogP contribution in [-0.4, -0.2) is 14.8 Å². The van der Waals surface area contributed by atoms with E-state index in [1.54, 1.807) is 36.4 Å². The smallest absolute Gasteiger partial charge is 0.258 e. The van der Waals surface area contributed by atoms with Gasteiger partial charge < -0.3 is 0 Å². The van der Waals surface area contributed by atoms with Gasteiger partial charge in [0.25, 0.3) is 17.1 Å². The third-order valence-electron chi connectivity index (χ3n) is 5.27. The molecule has 3 aromatic carbocycles. The maximum atomic E-state index is 10.5. The van der Waals surface area contributed by atoms with Crippen molar-refractivity contribution in [3.8, 4) is 0 Å². The number of para-hydroxylation sites is 1. The van der Waals surface area contributed by atoms with E-state index in [4.69, 9.17) is 0 Å². The molecule has 0 N–H and O–H groups in total. The molecule has 0 heterocycles. The topological polar surface area (TPSA) is 129 Å². The molecule has 0 saturated heterocycles. The van der Waals surface area contributed by atoms with Gasteiger partial charge in [-0.25, -0.2) is 0 Å². The molecular formula is C27H33N3O6. The summed E-state index contributed by atoms with van der Waals surface area (Å²) in [4.78, 5) is 30.1. The van der Waals surface area contributed by atoms with E-state index in [-0.39, 0.29) is 37.7 Å². The van der Waals surface area contributed by atoms with Crippen molar-refractivity contribution in [2.75, 3.05) is 0 Å². The van der Waals surface area contributed by atoms with Gasteiger partial charge in [-0.15, -0.1) is 0 Å². The van der Waals surface area contributed by atoms with E-state index in [9.17, 15) is 30.3 Å². The maximum Gasteiger partial charge on any atom is 0.272 e. The Labute approximate surface area is 211 Å². The predicted molar refractivity (Wildman–Crippen MR) is 142 cm³/mol. The lowest BCUT2D eigenvalue weighted by Gasteiger charge is -2.04. The zero-order valence-corrected chi connectivity index (χ0v) is 21.5. The van der Waals surface area contributed by atoms with Gasteiger partial charge >= 0.3 is 0 Å². The molecule has 0 aliphatic heterocycles. The molecule has 0 bridgehead atoms. The molecule has 0 aliphatic rings. The molecule has 0 amide bonds. The standard InChI is InChI=1S/3C9H11NO2/c1-7(2)8-3-5-9(6-4-8)10(11)12;1-7(2)8-4-3-5-9(6-8)10(11)12;1-7(2)8-5-3-4-6-9(8)10(11)12/h3*3-7H,1-2H3. The fraction of sp³-hybridized carbons (Fsp3) is 0.333. The minimum atomic E-state index is -0.385. The molecule has 0 aromatic heterocycles. The van der Waals surface area contributed by atoms with Crippen molar-refractivity contribution >= 4 is 17.1 Å². The first kappa shape index (κ1) is 29.9. The average molecular weight is 496 g/mol. The molecule has 3 rings (SSSR count). The van der Waals surface area contributed by atoms with E-state index in [0.717, 1.165) is 16.7 Å². The Morgan fingerprint density at radius 3 is 1.47 bits per heavy atom. The normalized spacial score (nSPS) is 10.2. The molecule has 0 fully saturated rings. The minimum Gasteiger partial charge on any atom is -0.258 e. The van der Waals surface area contributed by atoms with Gasteiger partial charge in [0.05, 0.1) is 14.8 Å². The SMILES string of the molecule is CC(C)c1ccc([N+](=O)[O-])cc1.CC(C)c1cccc([N+](=O)[O-])c1.CC(C)c1ccccc1[N+](=O)[O-]. The molecule has 0 spiro atoms. The summed E-state index contributed by atoms with van der Waals surface area (Å²) in [5.74, 6) is 0.960. The number of non-ortho nitro benzene ring substituents is 2. The van der Waals surface area contributed by atoms with Gasteiger partial charge in [0, 0.05) is 35.9 Å². The van der Waals surface area contributed by atoms with Gasteiger partial charge in [0.1, 0.15) is 0 Å². The van der Waals surface area contributed by atoms with Crippen LogP contribution < -0.4 is 0 Å². The van der Waals surface area contributed by atoms with Crippen molar-refractivity contribution in [2.45, 2.75) is 59.3 Å². The van der Waals surface area contributed by atoms with Crippen molar-refractivity contribution in [1.29, 1.82) is 0 Å². The van der Waals surface area contributed by atoms with Gasteiger partial charge in [-0.05, 0) is 28.9 Å². The molecule has 9 nitrogen and oxygen atoms in total. The summed E-state index contributed by atoms with van der Waals surface area (Å²) in [6, 6.07) is 20.2. The van der Waals surface area contributed by atoms with Crippen LogP contribution in [-0.2, 0) is 0 Å². The van der Waals surface area contributed by atoms with E-state index >= 15 is 0 Å². The highest BCUT2D eigenvalue weighted by molar-refractivity contribution is 5.41. The number of nitrogens with zero attached hydrogens (tertiary/aromatic N) is 3. The molecule has 0 atom stereocenters. The Balaban J connectivity index is 0.000000270. The summed E-state index contributed by atoms with van der Waals surface area (Å²) < 4.78 is 0. The van der Waals surface area contributed by atoms with Gasteiger partial charge in [-0.2, -0.15) is 0 Å². The van der Waals surface area contributed by atoms with Crippen LogP contribution in [0.15, 0.2) is 72.8 Å². The van der Waals surface area contributed by atoms with E-state index < -0.39 is 0 Å². The predicted octanol–water partition coefficient (Wildman–Crippen LogP) is 8.15. The fourth-order valence-electron chi connectivity index (χ4n) is 3.12. The Bertz CT molecular complexity index is 1160. The van der Waals surface area contributed by atoms with Gasteiger partial charge in [0.2, 0.25) is 0 Å². The second-order valence-electron chi connectivity index (χ2n) is 8.98. The van der Waals surface area contributed by atoms with Crippen LogP contribution in [0.1, 0.15) is 76.0 Å². The number of rotatable bonds is 6. The monoisotopic (exact) mass is 495 g/mol. The lowest BCUT2D eigenvalue weighted by molar-refractivity contribution is -0.385. The van der Waals surface area contributed by atoms with Crippen molar-refractivity contribution in [1.82, 2.24) is 0 Å². The summed E-state index contributed by atoms with van der Waals surface area (Å²) in [5.41, 5.74) is 3.46. The molecule has 0 radical (unpaired) electrons. The van der Waals surface area contributed by atoms with Crippen LogP contribution >= 0.6 is 0 Å². The first-order valence-electron chi connectivity index (χ1n) is 11.6. The summed E-state index contributed by atoms with van der Waals surface area (Å²) in [5, 5.41) is 31.2. The average Bonchev–Trinajstić information content (AvgIpc) is 2.84. The van der Waals surface area contributed by atoms with Crippen LogP contribution in [0.3, 0.4) is 0 Å². The Morgan fingerprint density at radius 1 is 0.528 bits per heavy atom. The van der Waals surface area contributed by atoms with Crippen LogP contribution in [0, 0.1) is 30.3 Å². The highest BCUT2D eigenvalue weighted by Gasteiger charge is 2.14. The highest BCUT2D eigenvalue weighted by Crippen LogP contribution is 2.25. The molecule has 0 saturated carbocycles. The van der Waals surface area contributed by atoms with Gasteiger partial charge in [-0.1, -0.05) is 84.0 Å². The third kappa shape index (κ3) is 9.61. The highest BCUT2D eigenvalue weighted by atomic mass is 16.6. The van der Waals surface area contributed by atoms with Gasteiger partial charge in [0.15, 0.2) is 0 Å². The second kappa shape index (κ2) is 14.3. The van der Waals surface area contributed by atoms with E-state index in [0.29, 0.717) is 11.8 Å². The second-order valence-corrected chi connectivity index (χ2v) is 8.98. The van der Waals surface area contributed by atoms with Crippen LogP contribution in [0.25, 0.3) is 0 Å². The number of hydrogen-bond acceptors (Lipinski definition) is 6. The summed E-state index contributed by atoms with van der Waals surface area (Å²) in [6.45, 7) is 12.0. The summed E-state index contributed by atoms with van der Waals surface area (Å²) >= 11 is 0. The van der Waals surface area contributed by atoms with E-state index in [2.05, 4.69) is 13.8 Å². The van der Waals surface area contributed by atoms with Crippen molar-refractivity contribution < 1.29 is 14.8 Å². The van der Waals surface area contributed by atoms with Crippen molar-refractivity contribution in [3.05, 3.63) is 120 Å². The molecule has 0 unspecified atom stereocenters. The summed E-state index contributed by atoms with van der Waals surface area (Å²) in [7, 11) is 0. The van der Waals surface area contributed by atoms with E-state index in [1.165, 1.54) is 24.3 Å². The lowest BCUT2D eigenvalue weighted by atomic mass is 10.0. The Kier molecular flexibility index (Phi) is 11.9. The first-order valence-corrected chi connectivity index (χ1v) is 11.6. The molecule has 9 heteroatoms. The zero-order valence-electron chi connectivity index (χ0n) is 21.5.